The van der Waals surface area contributed by atoms with Crippen molar-refractivity contribution in [1.82, 2.24) is 4.98 Å². The van der Waals surface area contributed by atoms with E-state index in [1.807, 2.05) is 12.4 Å². The van der Waals surface area contributed by atoms with Crippen molar-refractivity contribution < 1.29 is 0 Å². The zero-order chi connectivity index (χ0) is 14.7. The summed E-state index contributed by atoms with van der Waals surface area (Å²) in [5, 5.41) is 3.18. The average Bonchev–Trinajstić information content (AvgIpc) is 3.07. The zero-order valence-electron chi connectivity index (χ0n) is 12.2. The van der Waals surface area contributed by atoms with Gasteiger partial charge in [0.25, 0.3) is 0 Å². The van der Waals surface area contributed by atoms with Crippen molar-refractivity contribution >= 4 is 23.0 Å². The van der Waals surface area contributed by atoms with E-state index in [0.717, 1.165) is 17.8 Å². The highest BCUT2D eigenvalue weighted by molar-refractivity contribution is 7.09. The summed E-state index contributed by atoms with van der Waals surface area (Å²) in [4.78, 5) is 9.91. The first-order valence-corrected chi connectivity index (χ1v) is 8.18. The smallest absolute Gasteiger partial charge is 0.193 e. The Hall–Kier alpha value is -1.88. The highest BCUT2D eigenvalue weighted by Crippen LogP contribution is 2.24. The van der Waals surface area contributed by atoms with Crippen LogP contribution in [0.5, 0.6) is 0 Å². The van der Waals surface area contributed by atoms with Crippen LogP contribution in [0.1, 0.15) is 28.1 Å². The first-order chi connectivity index (χ1) is 10.2. The Morgan fingerprint density at radius 1 is 1.38 bits per heavy atom. The maximum absolute atomic E-state index is 5.96. The molecule has 0 aliphatic heterocycles. The minimum absolute atomic E-state index is 0.482. The van der Waals surface area contributed by atoms with Gasteiger partial charge in [-0.2, -0.15) is 0 Å². The SMILES string of the molecule is Cc1ncsc1CCN=C(N)Nc1ccc2c(c1)CCC2. The minimum Gasteiger partial charge on any atom is -0.370 e. The number of nitrogens with one attached hydrogen (secondary N) is 1. The van der Waals surface area contributed by atoms with Crippen LogP contribution in [0, 0.1) is 6.92 Å². The molecule has 0 saturated heterocycles. The van der Waals surface area contributed by atoms with Crippen LogP contribution in [0.4, 0.5) is 5.69 Å². The first-order valence-electron chi connectivity index (χ1n) is 7.30. The molecule has 0 unspecified atom stereocenters. The molecule has 110 valence electrons. The molecule has 3 N–H and O–H groups in total. The second-order valence-electron chi connectivity index (χ2n) is 5.34. The van der Waals surface area contributed by atoms with E-state index in [1.54, 1.807) is 11.3 Å². The summed E-state index contributed by atoms with van der Waals surface area (Å²) in [6.45, 7) is 2.72. The van der Waals surface area contributed by atoms with E-state index in [4.69, 9.17) is 5.73 Å². The fourth-order valence-corrected chi connectivity index (χ4v) is 3.45. The van der Waals surface area contributed by atoms with Crippen molar-refractivity contribution in [2.75, 3.05) is 11.9 Å². The maximum Gasteiger partial charge on any atom is 0.193 e. The summed E-state index contributed by atoms with van der Waals surface area (Å²) in [7, 11) is 0. The van der Waals surface area contributed by atoms with Gasteiger partial charge in [0.05, 0.1) is 11.2 Å². The molecule has 1 heterocycles. The van der Waals surface area contributed by atoms with Gasteiger partial charge in [-0.3, -0.25) is 4.99 Å². The Kier molecular flexibility index (Phi) is 4.20. The van der Waals surface area contributed by atoms with Crippen molar-refractivity contribution in [3.63, 3.8) is 0 Å². The van der Waals surface area contributed by atoms with Crippen molar-refractivity contribution in [3.05, 3.63) is 45.4 Å². The first kappa shape index (κ1) is 14.1. The van der Waals surface area contributed by atoms with E-state index in [9.17, 15) is 0 Å². The molecule has 1 aliphatic carbocycles. The van der Waals surface area contributed by atoms with E-state index < -0.39 is 0 Å². The summed E-state index contributed by atoms with van der Waals surface area (Å²) in [5.41, 5.74) is 12.9. The molecule has 0 fully saturated rings. The number of thiazole rings is 1. The number of hydrogen-bond acceptors (Lipinski definition) is 3. The number of benzene rings is 1. The maximum atomic E-state index is 5.96. The number of anilines is 1. The van der Waals surface area contributed by atoms with Crippen LogP contribution in [0.2, 0.25) is 0 Å². The molecule has 5 heteroatoms. The third-order valence-corrected chi connectivity index (χ3v) is 4.83. The molecule has 0 amide bonds. The molecule has 1 aromatic carbocycles. The molecule has 0 spiro atoms. The molecule has 1 aliphatic rings. The summed E-state index contributed by atoms with van der Waals surface area (Å²) >= 11 is 1.68. The van der Waals surface area contributed by atoms with Gasteiger partial charge in [-0.25, -0.2) is 4.98 Å². The summed E-state index contributed by atoms with van der Waals surface area (Å²) in [6.07, 6.45) is 4.53. The molecule has 0 radical (unpaired) electrons. The minimum atomic E-state index is 0.482. The topological polar surface area (TPSA) is 63.3 Å². The van der Waals surface area contributed by atoms with Gasteiger partial charge in [0.2, 0.25) is 0 Å². The number of aromatic nitrogens is 1. The van der Waals surface area contributed by atoms with Crippen molar-refractivity contribution in [3.8, 4) is 0 Å². The summed E-state index contributed by atoms with van der Waals surface area (Å²) in [6, 6.07) is 6.47. The van der Waals surface area contributed by atoms with Gasteiger partial charge >= 0.3 is 0 Å². The van der Waals surface area contributed by atoms with Gasteiger partial charge in [-0.1, -0.05) is 6.07 Å². The van der Waals surface area contributed by atoms with Crippen LogP contribution in [0.15, 0.2) is 28.7 Å². The molecular formula is C16H20N4S. The number of guanidine groups is 1. The second kappa shape index (κ2) is 6.26. The quantitative estimate of drug-likeness (QED) is 0.674. The molecule has 3 rings (SSSR count). The third-order valence-electron chi connectivity index (χ3n) is 3.84. The summed E-state index contributed by atoms with van der Waals surface area (Å²) in [5.74, 6) is 0.482. The standard InChI is InChI=1S/C16H20N4S/c1-11-15(21-10-19-11)7-8-18-16(17)20-14-6-5-12-3-2-4-13(12)9-14/h5-6,9-10H,2-4,7-8H2,1H3,(H3,17,18,20). The number of rotatable bonds is 4. The van der Waals surface area contributed by atoms with Gasteiger partial charge in [0.15, 0.2) is 5.96 Å². The van der Waals surface area contributed by atoms with E-state index in [-0.39, 0.29) is 0 Å². The Labute approximate surface area is 129 Å². The van der Waals surface area contributed by atoms with Crippen molar-refractivity contribution in [2.45, 2.75) is 32.6 Å². The lowest BCUT2D eigenvalue weighted by Crippen LogP contribution is -2.23. The highest BCUT2D eigenvalue weighted by Gasteiger charge is 2.10. The molecule has 0 atom stereocenters. The van der Waals surface area contributed by atoms with Gasteiger partial charge in [-0.05, 0) is 49.4 Å². The number of hydrogen-bond donors (Lipinski definition) is 2. The van der Waals surface area contributed by atoms with Gasteiger partial charge < -0.3 is 11.1 Å². The van der Waals surface area contributed by atoms with Gasteiger partial charge in [0.1, 0.15) is 0 Å². The Balaban J connectivity index is 1.57. The number of nitrogens with two attached hydrogens (primary N) is 1. The lowest BCUT2D eigenvalue weighted by Gasteiger charge is -2.08. The normalized spacial score (nSPS) is 14.2. The van der Waals surface area contributed by atoms with Gasteiger partial charge in [-0.15, -0.1) is 11.3 Å². The number of aliphatic imine (C=N–C) groups is 1. The molecular weight excluding hydrogens is 280 g/mol. The van der Waals surface area contributed by atoms with Gasteiger partial charge in [0, 0.05) is 23.5 Å². The monoisotopic (exact) mass is 300 g/mol. The molecule has 0 saturated carbocycles. The van der Waals surface area contributed by atoms with Crippen molar-refractivity contribution in [1.29, 1.82) is 0 Å². The fraction of sp³-hybridized carbons (Fsp3) is 0.375. The lowest BCUT2D eigenvalue weighted by atomic mass is 10.1. The van der Waals surface area contributed by atoms with Crippen molar-refractivity contribution in [2.24, 2.45) is 10.7 Å². The third kappa shape index (κ3) is 3.42. The van der Waals surface area contributed by atoms with Crippen LogP contribution in [0.25, 0.3) is 0 Å². The molecule has 2 aromatic rings. The average molecular weight is 300 g/mol. The number of aryl methyl sites for hydroxylation is 3. The van der Waals surface area contributed by atoms with Crippen LogP contribution in [0.3, 0.4) is 0 Å². The van der Waals surface area contributed by atoms with E-state index in [1.165, 1.54) is 35.3 Å². The molecule has 21 heavy (non-hydrogen) atoms. The van der Waals surface area contributed by atoms with Crippen LogP contribution >= 0.6 is 11.3 Å². The lowest BCUT2D eigenvalue weighted by molar-refractivity contribution is 0.912. The molecule has 4 nitrogen and oxygen atoms in total. The predicted octanol–water partition coefficient (Wildman–Crippen LogP) is 2.91. The van der Waals surface area contributed by atoms with Crippen LogP contribution < -0.4 is 11.1 Å². The number of fused-ring (bicyclic) bond motifs is 1. The van der Waals surface area contributed by atoms with Crippen LogP contribution in [-0.4, -0.2) is 17.5 Å². The fourth-order valence-electron chi connectivity index (χ4n) is 2.68. The molecule has 0 bridgehead atoms. The Morgan fingerprint density at radius 2 is 2.24 bits per heavy atom. The Morgan fingerprint density at radius 3 is 3.05 bits per heavy atom. The predicted molar refractivity (Wildman–Crippen MR) is 89.1 cm³/mol. The highest BCUT2D eigenvalue weighted by atomic mass is 32.1. The van der Waals surface area contributed by atoms with E-state index in [2.05, 4.69) is 33.5 Å². The second-order valence-corrected chi connectivity index (χ2v) is 6.28. The Bertz CT molecular complexity index is 660. The summed E-state index contributed by atoms with van der Waals surface area (Å²) < 4.78 is 0. The molecule has 1 aromatic heterocycles. The van der Waals surface area contributed by atoms with E-state index in [0.29, 0.717) is 12.5 Å². The van der Waals surface area contributed by atoms with Crippen LogP contribution in [-0.2, 0) is 19.3 Å². The largest absolute Gasteiger partial charge is 0.370 e. The number of nitrogens with zero attached hydrogens (tertiary/aromatic N) is 2. The zero-order valence-corrected chi connectivity index (χ0v) is 13.0. The van der Waals surface area contributed by atoms with E-state index >= 15 is 0 Å².